The van der Waals surface area contributed by atoms with Gasteiger partial charge in [0.1, 0.15) is 0 Å². The molecule has 0 unspecified atom stereocenters. The van der Waals surface area contributed by atoms with E-state index in [0.29, 0.717) is 19.0 Å². The van der Waals surface area contributed by atoms with E-state index in [0.717, 1.165) is 35.8 Å². The molecule has 0 radical (unpaired) electrons. The Hall–Kier alpha value is -3.14. The Bertz CT molecular complexity index is 972. The van der Waals surface area contributed by atoms with Gasteiger partial charge in [-0.3, -0.25) is 14.5 Å². The summed E-state index contributed by atoms with van der Waals surface area (Å²) in [6.45, 7) is 1.68. The number of nitrogens with zero attached hydrogens (tertiary/aromatic N) is 5. The standard InChI is InChI=1S/C19H23N7O2S/c1-29-12-4-10-20-19(21-13-15-6-8-16(9-7-15)26(27)28)22-14-18-24-23-17-5-2-3-11-25(17)18/h2-3,5-9,11H,4,10,12-14H2,1H3,(H2,20,21,22). The molecule has 3 aromatic rings. The number of thioether (sulfide) groups is 1. The van der Waals surface area contributed by atoms with Crippen LogP contribution in [-0.4, -0.2) is 44.0 Å². The summed E-state index contributed by atoms with van der Waals surface area (Å²) in [5.41, 5.74) is 1.76. The number of pyridine rings is 1. The maximum absolute atomic E-state index is 10.8. The Kier molecular flexibility index (Phi) is 7.40. The Labute approximate surface area is 172 Å². The van der Waals surface area contributed by atoms with Crippen LogP contribution >= 0.6 is 11.8 Å². The number of aliphatic imine (C=N–C) groups is 1. The van der Waals surface area contributed by atoms with Gasteiger partial charge in [0.25, 0.3) is 5.69 Å². The van der Waals surface area contributed by atoms with Gasteiger partial charge in [0, 0.05) is 24.9 Å². The summed E-state index contributed by atoms with van der Waals surface area (Å²) in [5.74, 6) is 2.52. The van der Waals surface area contributed by atoms with E-state index in [9.17, 15) is 10.1 Å². The molecule has 0 spiro atoms. The van der Waals surface area contributed by atoms with Gasteiger partial charge in [-0.15, -0.1) is 10.2 Å². The third-order valence-electron chi connectivity index (χ3n) is 4.18. The van der Waals surface area contributed by atoms with Crippen molar-refractivity contribution in [2.24, 2.45) is 4.99 Å². The van der Waals surface area contributed by atoms with Gasteiger partial charge in [0.2, 0.25) is 0 Å². The highest BCUT2D eigenvalue weighted by Gasteiger charge is 2.07. The van der Waals surface area contributed by atoms with Crippen LogP contribution in [0, 0.1) is 10.1 Å². The van der Waals surface area contributed by atoms with Crippen LogP contribution in [0.25, 0.3) is 5.65 Å². The molecule has 3 rings (SSSR count). The van der Waals surface area contributed by atoms with Crippen LogP contribution in [0.4, 0.5) is 5.69 Å². The Morgan fingerprint density at radius 1 is 1.21 bits per heavy atom. The molecule has 0 fully saturated rings. The van der Waals surface area contributed by atoms with Gasteiger partial charge in [-0.05, 0) is 36.1 Å². The summed E-state index contributed by atoms with van der Waals surface area (Å²) >= 11 is 1.80. The molecule has 0 atom stereocenters. The Morgan fingerprint density at radius 2 is 2.03 bits per heavy atom. The molecule has 0 aliphatic rings. The van der Waals surface area contributed by atoms with E-state index in [4.69, 9.17) is 0 Å². The van der Waals surface area contributed by atoms with Gasteiger partial charge in [0.05, 0.1) is 18.0 Å². The van der Waals surface area contributed by atoms with Gasteiger partial charge >= 0.3 is 0 Å². The second-order valence-corrected chi connectivity index (χ2v) is 7.25. The molecule has 0 amide bonds. The molecule has 2 aromatic heterocycles. The third-order valence-corrected chi connectivity index (χ3v) is 4.88. The number of nitro groups is 1. The molecule has 0 saturated heterocycles. The first kappa shape index (κ1) is 20.6. The average molecular weight is 414 g/mol. The molecule has 0 bridgehead atoms. The van der Waals surface area contributed by atoms with Gasteiger partial charge < -0.3 is 10.6 Å². The Morgan fingerprint density at radius 3 is 2.79 bits per heavy atom. The van der Waals surface area contributed by atoms with Crippen molar-refractivity contribution in [1.82, 2.24) is 25.2 Å². The summed E-state index contributed by atoms with van der Waals surface area (Å²) in [6.07, 6.45) is 5.03. The quantitative estimate of drug-likeness (QED) is 0.182. The highest BCUT2D eigenvalue weighted by atomic mass is 32.2. The smallest absolute Gasteiger partial charge is 0.269 e. The van der Waals surface area contributed by atoms with Crippen LogP contribution in [0.1, 0.15) is 17.8 Å². The van der Waals surface area contributed by atoms with E-state index in [1.807, 2.05) is 28.8 Å². The Balaban J connectivity index is 1.65. The number of non-ortho nitro benzene ring substituents is 1. The van der Waals surface area contributed by atoms with Crippen molar-refractivity contribution in [2.45, 2.75) is 19.5 Å². The highest BCUT2D eigenvalue weighted by molar-refractivity contribution is 7.98. The van der Waals surface area contributed by atoms with Crippen LogP contribution in [0.15, 0.2) is 53.7 Å². The fourth-order valence-electron chi connectivity index (χ4n) is 2.67. The maximum Gasteiger partial charge on any atom is 0.269 e. The third kappa shape index (κ3) is 5.92. The highest BCUT2D eigenvalue weighted by Crippen LogP contribution is 2.12. The van der Waals surface area contributed by atoms with E-state index in [-0.39, 0.29) is 5.69 Å². The molecule has 2 N–H and O–H groups in total. The van der Waals surface area contributed by atoms with E-state index in [2.05, 4.69) is 32.1 Å². The number of hydrogen-bond acceptors (Lipinski definition) is 6. The number of guanidine groups is 1. The SMILES string of the molecule is CSCCCNC(=NCc1ccc([N+](=O)[O-])cc1)NCc1nnc2ccccn12. The van der Waals surface area contributed by atoms with E-state index >= 15 is 0 Å². The second kappa shape index (κ2) is 10.4. The largest absolute Gasteiger partial charge is 0.356 e. The number of benzene rings is 1. The fourth-order valence-corrected chi connectivity index (χ4v) is 3.10. The first-order valence-corrected chi connectivity index (χ1v) is 10.6. The normalized spacial score (nSPS) is 11.6. The van der Waals surface area contributed by atoms with Crippen molar-refractivity contribution in [3.05, 3.63) is 70.2 Å². The van der Waals surface area contributed by atoms with Gasteiger partial charge in [-0.25, -0.2) is 4.99 Å². The summed E-state index contributed by atoms with van der Waals surface area (Å²) in [6, 6.07) is 12.2. The average Bonchev–Trinajstić information content (AvgIpc) is 3.16. The minimum absolute atomic E-state index is 0.0740. The number of nitrogens with one attached hydrogen (secondary N) is 2. The summed E-state index contributed by atoms with van der Waals surface area (Å²) < 4.78 is 1.93. The zero-order valence-electron chi connectivity index (χ0n) is 16.1. The van der Waals surface area contributed by atoms with E-state index < -0.39 is 4.92 Å². The second-order valence-electron chi connectivity index (χ2n) is 6.26. The minimum atomic E-state index is -0.407. The molecule has 0 aliphatic carbocycles. The lowest BCUT2D eigenvalue weighted by Crippen LogP contribution is -2.38. The van der Waals surface area contributed by atoms with E-state index in [1.165, 1.54) is 12.1 Å². The molecule has 29 heavy (non-hydrogen) atoms. The molecular weight excluding hydrogens is 390 g/mol. The van der Waals surface area contributed by atoms with Gasteiger partial charge in [-0.1, -0.05) is 18.2 Å². The molecule has 152 valence electrons. The van der Waals surface area contributed by atoms with Crippen LogP contribution in [-0.2, 0) is 13.1 Å². The van der Waals surface area contributed by atoms with Gasteiger partial charge in [0.15, 0.2) is 17.4 Å². The lowest BCUT2D eigenvalue weighted by atomic mass is 10.2. The molecule has 10 heteroatoms. The van der Waals surface area contributed by atoms with Crippen LogP contribution in [0.5, 0.6) is 0 Å². The first-order valence-electron chi connectivity index (χ1n) is 9.20. The van der Waals surface area contributed by atoms with Crippen LogP contribution in [0.2, 0.25) is 0 Å². The van der Waals surface area contributed by atoms with E-state index in [1.54, 1.807) is 23.9 Å². The van der Waals surface area contributed by atoms with Crippen LogP contribution < -0.4 is 10.6 Å². The van der Waals surface area contributed by atoms with Gasteiger partial charge in [-0.2, -0.15) is 11.8 Å². The molecule has 9 nitrogen and oxygen atoms in total. The minimum Gasteiger partial charge on any atom is -0.356 e. The predicted octanol–water partition coefficient (Wildman–Crippen LogP) is 2.63. The lowest BCUT2D eigenvalue weighted by Gasteiger charge is -2.12. The summed E-state index contributed by atoms with van der Waals surface area (Å²) in [7, 11) is 0. The zero-order chi connectivity index (χ0) is 20.5. The topological polar surface area (TPSA) is 110 Å². The van der Waals surface area contributed by atoms with Crippen molar-refractivity contribution >= 4 is 29.1 Å². The summed E-state index contributed by atoms with van der Waals surface area (Å²) in [4.78, 5) is 15.0. The number of rotatable bonds is 9. The molecule has 0 aliphatic heterocycles. The van der Waals surface area contributed by atoms with Crippen molar-refractivity contribution in [2.75, 3.05) is 18.6 Å². The fraction of sp³-hybridized carbons (Fsp3) is 0.316. The molecular formula is C19H23N7O2S. The number of fused-ring (bicyclic) bond motifs is 1. The first-order chi connectivity index (χ1) is 14.2. The summed E-state index contributed by atoms with van der Waals surface area (Å²) in [5, 5.41) is 25.8. The molecule has 1 aromatic carbocycles. The number of aromatic nitrogens is 3. The van der Waals surface area contributed by atoms with Crippen LogP contribution in [0.3, 0.4) is 0 Å². The molecule has 0 saturated carbocycles. The number of nitro benzene ring substituents is 1. The predicted molar refractivity (Wildman–Crippen MR) is 115 cm³/mol. The number of hydrogen-bond donors (Lipinski definition) is 2. The lowest BCUT2D eigenvalue weighted by molar-refractivity contribution is -0.384. The van der Waals surface area contributed by atoms with Crippen molar-refractivity contribution in [3.8, 4) is 0 Å². The zero-order valence-corrected chi connectivity index (χ0v) is 16.9. The van der Waals surface area contributed by atoms with Crippen molar-refractivity contribution in [3.63, 3.8) is 0 Å². The molecule has 2 heterocycles. The van der Waals surface area contributed by atoms with Crippen molar-refractivity contribution in [1.29, 1.82) is 0 Å². The monoisotopic (exact) mass is 413 g/mol. The maximum atomic E-state index is 10.8. The van der Waals surface area contributed by atoms with Crippen molar-refractivity contribution < 1.29 is 4.92 Å².